The van der Waals surface area contributed by atoms with E-state index in [9.17, 15) is 14.7 Å². The number of aliphatic carboxylic acids is 1. The number of carbonyl (C=O) groups excluding carboxylic acids is 1. The number of carboxylic acids is 1. The number of hydrogen-bond acceptors (Lipinski definition) is 4. The molecule has 2 saturated heterocycles. The van der Waals surface area contributed by atoms with Gasteiger partial charge in [0, 0.05) is 37.6 Å². The van der Waals surface area contributed by atoms with Crippen molar-refractivity contribution in [3.05, 3.63) is 0 Å². The summed E-state index contributed by atoms with van der Waals surface area (Å²) in [6.45, 7) is 1.78. The zero-order valence-corrected chi connectivity index (χ0v) is 10.3. The van der Waals surface area contributed by atoms with Crippen LogP contribution in [0.25, 0.3) is 0 Å². The lowest BCUT2D eigenvalue weighted by Gasteiger charge is -2.31. The van der Waals surface area contributed by atoms with Gasteiger partial charge in [0.15, 0.2) is 5.54 Å². The molecule has 2 N–H and O–H groups in total. The molecule has 96 valence electrons. The van der Waals surface area contributed by atoms with Crippen LogP contribution in [0.1, 0.15) is 6.42 Å². The Morgan fingerprint density at radius 1 is 1.35 bits per heavy atom. The van der Waals surface area contributed by atoms with Crippen LogP contribution in [0.15, 0.2) is 0 Å². The molecule has 2 aliphatic rings. The van der Waals surface area contributed by atoms with Gasteiger partial charge in [-0.2, -0.15) is 11.8 Å². The van der Waals surface area contributed by atoms with E-state index >= 15 is 0 Å². The number of nitrogens with zero attached hydrogens (tertiary/aromatic N) is 1. The summed E-state index contributed by atoms with van der Waals surface area (Å²) in [6, 6.07) is -0.293. The maximum Gasteiger partial charge on any atom is 0.332 e. The number of urea groups is 1. The van der Waals surface area contributed by atoms with Crippen molar-refractivity contribution in [3.63, 3.8) is 0 Å². The molecule has 17 heavy (non-hydrogen) atoms. The molecule has 7 heteroatoms. The minimum atomic E-state index is -1.23. The first-order valence-corrected chi connectivity index (χ1v) is 6.75. The number of carbonyl (C=O) groups is 2. The highest BCUT2D eigenvalue weighted by Gasteiger charge is 2.44. The highest BCUT2D eigenvalue weighted by Crippen LogP contribution is 2.20. The topological polar surface area (TPSA) is 78.9 Å². The number of rotatable bonds is 2. The predicted octanol–water partition coefficient (Wildman–Crippen LogP) is -0.0115. The van der Waals surface area contributed by atoms with E-state index in [1.165, 1.54) is 0 Å². The van der Waals surface area contributed by atoms with Gasteiger partial charge in [-0.05, 0) is 0 Å². The van der Waals surface area contributed by atoms with E-state index in [2.05, 4.69) is 5.32 Å². The first-order valence-electron chi connectivity index (χ1n) is 5.60. The fourth-order valence-electron chi connectivity index (χ4n) is 1.94. The van der Waals surface area contributed by atoms with Gasteiger partial charge < -0.3 is 20.1 Å². The molecule has 0 saturated carbocycles. The van der Waals surface area contributed by atoms with Crippen molar-refractivity contribution in [2.45, 2.75) is 12.0 Å². The van der Waals surface area contributed by atoms with Gasteiger partial charge in [0.2, 0.25) is 0 Å². The number of ether oxygens (including phenoxy) is 1. The van der Waals surface area contributed by atoms with Crippen LogP contribution in [-0.4, -0.2) is 65.4 Å². The molecule has 0 aromatic carbocycles. The van der Waals surface area contributed by atoms with Gasteiger partial charge in [0.05, 0.1) is 6.61 Å². The fraction of sp³-hybridized carbons (Fsp3) is 0.800. The van der Waals surface area contributed by atoms with Crippen molar-refractivity contribution >= 4 is 23.8 Å². The summed E-state index contributed by atoms with van der Waals surface area (Å²) >= 11 is 1.80. The van der Waals surface area contributed by atoms with Crippen LogP contribution in [0.4, 0.5) is 4.79 Å². The molecular weight excluding hydrogens is 244 g/mol. The van der Waals surface area contributed by atoms with Gasteiger partial charge in [-0.25, -0.2) is 9.59 Å². The SMILES string of the molecule is O=C(NC1(C(=O)O)CCOC1)N1CCSCC1. The van der Waals surface area contributed by atoms with Gasteiger partial charge in [-0.3, -0.25) is 0 Å². The van der Waals surface area contributed by atoms with E-state index < -0.39 is 11.5 Å². The van der Waals surface area contributed by atoms with Crippen LogP contribution < -0.4 is 5.32 Å². The average molecular weight is 260 g/mol. The summed E-state index contributed by atoms with van der Waals surface area (Å²) in [6.07, 6.45) is 0.330. The zero-order chi connectivity index (χ0) is 12.3. The maximum atomic E-state index is 12.0. The molecule has 6 nitrogen and oxygen atoms in total. The second kappa shape index (κ2) is 5.14. The molecule has 1 atom stereocenters. The average Bonchev–Trinajstić information content (AvgIpc) is 2.80. The third kappa shape index (κ3) is 2.66. The lowest BCUT2D eigenvalue weighted by molar-refractivity contribution is -0.144. The molecule has 0 spiro atoms. The molecule has 2 fully saturated rings. The highest BCUT2D eigenvalue weighted by molar-refractivity contribution is 7.99. The molecule has 0 aromatic rings. The van der Waals surface area contributed by atoms with E-state index in [4.69, 9.17) is 4.74 Å². The molecule has 2 aliphatic heterocycles. The quantitative estimate of drug-likeness (QED) is 0.730. The minimum absolute atomic E-state index is 0.0522. The van der Waals surface area contributed by atoms with E-state index in [1.54, 1.807) is 16.7 Å². The van der Waals surface area contributed by atoms with E-state index in [0.717, 1.165) is 11.5 Å². The third-order valence-corrected chi connectivity index (χ3v) is 4.02. The number of nitrogens with one attached hydrogen (secondary N) is 1. The largest absolute Gasteiger partial charge is 0.479 e. The van der Waals surface area contributed by atoms with Crippen molar-refractivity contribution in [1.29, 1.82) is 0 Å². The van der Waals surface area contributed by atoms with Gasteiger partial charge >= 0.3 is 12.0 Å². The van der Waals surface area contributed by atoms with Crippen molar-refractivity contribution in [2.24, 2.45) is 0 Å². The summed E-state index contributed by atoms with van der Waals surface area (Å²) in [7, 11) is 0. The Labute approximate surface area is 104 Å². The highest BCUT2D eigenvalue weighted by atomic mass is 32.2. The minimum Gasteiger partial charge on any atom is -0.479 e. The standard InChI is InChI=1S/C10H16N2O4S/c13-8(14)10(1-4-16-7-10)11-9(15)12-2-5-17-6-3-12/h1-7H2,(H,11,15)(H,13,14). The molecule has 2 rings (SSSR count). The number of amides is 2. The van der Waals surface area contributed by atoms with Crippen molar-refractivity contribution in [3.8, 4) is 0 Å². The van der Waals surface area contributed by atoms with Crippen LogP contribution in [0.3, 0.4) is 0 Å². The summed E-state index contributed by atoms with van der Waals surface area (Å²) < 4.78 is 5.09. The lowest BCUT2D eigenvalue weighted by atomic mass is 9.99. The van der Waals surface area contributed by atoms with Gasteiger partial charge in [0.25, 0.3) is 0 Å². The van der Waals surface area contributed by atoms with E-state index in [1.807, 2.05) is 0 Å². The van der Waals surface area contributed by atoms with Gasteiger partial charge in [-0.15, -0.1) is 0 Å². The number of carboxylic acid groups (broad SMARTS) is 1. The van der Waals surface area contributed by atoms with Crippen LogP contribution in [0.5, 0.6) is 0 Å². The molecule has 0 aliphatic carbocycles. The Kier molecular flexibility index (Phi) is 3.78. The smallest absolute Gasteiger partial charge is 0.332 e. The van der Waals surface area contributed by atoms with Crippen molar-refractivity contribution in [1.82, 2.24) is 10.2 Å². The van der Waals surface area contributed by atoms with Crippen LogP contribution in [0.2, 0.25) is 0 Å². The van der Waals surface area contributed by atoms with Crippen molar-refractivity contribution in [2.75, 3.05) is 37.8 Å². The lowest BCUT2D eigenvalue weighted by Crippen LogP contribution is -2.59. The monoisotopic (exact) mass is 260 g/mol. The Hall–Kier alpha value is -0.950. The molecular formula is C10H16N2O4S. The summed E-state index contributed by atoms with van der Waals surface area (Å²) in [5, 5.41) is 11.8. The third-order valence-electron chi connectivity index (χ3n) is 3.08. The molecule has 0 bridgehead atoms. The first-order chi connectivity index (χ1) is 8.14. The Morgan fingerprint density at radius 2 is 2.06 bits per heavy atom. The molecule has 2 amide bonds. The summed E-state index contributed by atoms with van der Waals surface area (Å²) in [5.41, 5.74) is -1.23. The normalized spacial score (nSPS) is 29.1. The molecule has 0 radical (unpaired) electrons. The van der Waals surface area contributed by atoms with Crippen molar-refractivity contribution < 1.29 is 19.4 Å². The molecule has 1 unspecified atom stereocenters. The maximum absolute atomic E-state index is 12.0. The van der Waals surface area contributed by atoms with Gasteiger partial charge in [0.1, 0.15) is 0 Å². The Balaban J connectivity index is 1.98. The number of hydrogen-bond donors (Lipinski definition) is 2. The van der Waals surface area contributed by atoms with Crippen LogP contribution >= 0.6 is 11.8 Å². The predicted molar refractivity (Wildman–Crippen MR) is 63.2 cm³/mol. The van der Waals surface area contributed by atoms with Crippen LogP contribution in [-0.2, 0) is 9.53 Å². The Morgan fingerprint density at radius 3 is 2.59 bits per heavy atom. The first kappa shape index (κ1) is 12.5. The Bertz CT molecular complexity index is 311. The number of thioether (sulfide) groups is 1. The van der Waals surface area contributed by atoms with Crippen LogP contribution in [0, 0.1) is 0 Å². The second-order valence-electron chi connectivity index (χ2n) is 4.22. The summed E-state index contributed by atoms with van der Waals surface area (Å²) in [4.78, 5) is 24.8. The molecule has 0 aromatic heterocycles. The van der Waals surface area contributed by atoms with Gasteiger partial charge in [-0.1, -0.05) is 0 Å². The zero-order valence-electron chi connectivity index (χ0n) is 9.48. The second-order valence-corrected chi connectivity index (χ2v) is 5.44. The summed E-state index contributed by atoms with van der Waals surface area (Å²) in [5.74, 6) is 0.795. The molecule has 2 heterocycles. The van der Waals surface area contributed by atoms with E-state index in [0.29, 0.717) is 26.1 Å². The fourth-order valence-corrected chi connectivity index (χ4v) is 2.84. The van der Waals surface area contributed by atoms with E-state index in [-0.39, 0.29) is 12.6 Å².